The van der Waals surface area contributed by atoms with Crippen molar-refractivity contribution in [1.82, 2.24) is 4.98 Å². The van der Waals surface area contributed by atoms with Crippen molar-refractivity contribution in [3.05, 3.63) is 33.9 Å². The first kappa shape index (κ1) is 11.6. The van der Waals surface area contributed by atoms with Gasteiger partial charge in [-0.05, 0) is 60.2 Å². The number of anilines is 1. The second kappa shape index (κ2) is 5.48. The Balaban J connectivity index is 1.87. The third-order valence-corrected chi connectivity index (χ3v) is 3.96. The molecule has 16 heavy (non-hydrogen) atoms. The van der Waals surface area contributed by atoms with Crippen molar-refractivity contribution in [2.45, 2.75) is 32.6 Å². The number of aromatic nitrogens is 1. The van der Waals surface area contributed by atoms with Crippen LogP contribution in [0.2, 0.25) is 0 Å². The standard InChI is InChI=1S/C13H17BrN2/c1-10-6-8-15-13(12(10)14)16-9-7-11-4-2-3-5-11/h4,6,8H,2-3,5,7,9H2,1H3,(H,15,16). The highest BCUT2D eigenvalue weighted by Crippen LogP contribution is 2.24. The van der Waals surface area contributed by atoms with Crippen LogP contribution in [-0.2, 0) is 0 Å². The predicted molar refractivity (Wildman–Crippen MR) is 71.7 cm³/mol. The maximum absolute atomic E-state index is 4.33. The van der Waals surface area contributed by atoms with Gasteiger partial charge in [0.15, 0.2) is 0 Å². The lowest BCUT2D eigenvalue weighted by Crippen LogP contribution is -2.05. The molecule has 2 rings (SSSR count). The molecule has 0 fully saturated rings. The van der Waals surface area contributed by atoms with E-state index >= 15 is 0 Å². The lowest BCUT2D eigenvalue weighted by atomic mass is 10.2. The van der Waals surface area contributed by atoms with Crippen molar-refractivity contribution in [3.63, 3.8) is 0 Å². The van der Waals surface area contributed by atoms with E-state index in [1.54, 1.807) is 5.57 Å². The fourth-order valence-corrected chi connectivity index (χ4v) is 2.34. The Morgan fingerprint density at radius 2 is 2.38 bits per heavy atom. The zero-order chi connectivity index (χ0) is 11.4. The minimum absolute atomic E-state index is 0.957. The van der Waals surface area contributed by atoms with Crippen LogP contribution < -0.4 is 5.32 Å². The van der Waals surface area contributed by atoms with Gasteiger partial charge in [0.1, 0.15) is 5.82 Å². The summed E-state index contributed by atoms with van der Waals surface area (Å²) in [5, 5.41) is 3.38. The molecule has 1 N–H and O–H groups in total. The fraction of sp³-hybridized carbons (Fsp3) is 0.462. The first-order chi connectivity index (χ1) is 7.77. The van der Waals surface area contributed by atoms with Gasteiger partial charge in [-0.15, -0.1) is 0 Å². The first-order valence-corrected chi connectivity index (χ1v) is 6.59. The number of hydrogen-bond acceptors (Lipinski definition) is 2. The zero-order valence-electron chi connectivity index (χ0n) is 9.59. The van der Waals surface area contributed by atoms with Crippen LogP contribution in [-0.4, -0.2) is 11.5 Å². The van der Waals surface area contributed by atoms with Crippen molar-refractivity contribution in [3.8, 4) is 0 Å². The van der Waals surface area contributed by atoms with E-state index in [0.717, 1.165) is 23.3 Å². The summed E-state index contributed by atoms with van der Waals surface area (Å²) >= 11 is 3.55. The minimum atomic E-state index is 0.957. The maximum Gasteiger partial charge on any atom is 0.140 e. The molecule has 0 saturated heterocycles. The smallest absolute Gasteiger partial charge is 0.140 e. The van der Waals surface area contributed by atoms with Gasteiger partial charge in [-0.25, -0.2) is 4.98 Å². The Morgan fingerprint density at radius 1 is 1.50 bits per heavy atom. The van der Waals surface area contributed by atoms with Crippen molar-refractivity contribution < 1.29 is 0 Å². The summed E-state index contributed by atoms with van der Waals surface area (Å²) < 4.78 is 1.08. The Kier molecular flexibility index (Phi) is 3.99. The molecule has 0 unspecified atom stereocenters. The molecule has 1 heterocycles. The molecule has 0 bridgehead atoms. The Bertz CT molecular complexity index is 399. The Morgan fingerprint density at radius 3 is 3.12 bits per heavy atom. The molecular formula is C13H17BrN2. The molecule has 0 radical (unpaired) electrons. The van der Waals surface area contributed by atoms with Crippen molar-refractivity contribution in [2.75, 3.05) is 11.9 Å². The number of allylic oxidation sites excluding steroid dienone is 1. The molecule has 0 spiro atoms. The number of aryl methyl sites for hydroxylation is 1. The van der Waals surface area contributed by atoms with E-state index in [2.05, 4.69) is 39.2 Å². The normalized spacial score (nSPS) is 15.0. The van der Waals surface area contributed by atoms with Crippen molar-refractivity contribution in [2.24, 2.45) is 0 Å². The van der Waals surface area contributed by atoms with Crippen LogP contribution in [0.4, 0.5) is 5.82 Å². The molecule has 1 aromatic heterocycles. The Hall–Kier alpha value is -0.830. The highest BCUT2D eigenvalue weighted by Gasteiger charge is 2.06. The molecule has 0 amide bonds. The zero-order valence-corrected chi connectivity index (χ0v) is 11.2. The van der Waals surface area contributed by atoms with Crippen LogP contribution in [0.1, 0.15) is 31.2 Å². The van der Waals surface area contributed by atoms with Crippen molar-refractivity contribution in [1.29, 1.82) is 0 Å². The second-order valence-corrected chi connectivity index (χ2v) is 5.01. The van der Waals surface area contributed by atoms with Gasteiger partial charge in [-0.1, -0.05) is 11.6 Å². The first-order valence-electron chi connectivity index (χ1n) is 5.80. The highest BCUT2D eigenvalue weighted by molar-refractivity contribution is 9.10. The SMILES string of the molecule is Cc1ccnc(NCCC2=CCCC2)c1Br. The monoisotopic (exact) mass is 280 g/mol. The summed E-state index contributed by atoms with van der Waals surface area (Å²) in [4.78, 5) is 4.33. The summed E-state index contributed by atoms with van der Waals surface area (Å²) in [7, 11) is 0. The number of pyridine rings is 1. The van der Waals surface area contributed by atoms with Gasteiger partial charge in [-0.3, -0.25) is 0 Å². The number of halogens is 1. The van der Waals surface area contributed by atoms with Crippen molar-refractivity contribution >= 4 is 21.7 Å². The lowest BCUT2D eigenvalue weighted by Gasteiger charge is -2.09. The van der Waals surface area contributed by atoms with E-state index in [0.29, 0.717) is 0 Å². The molecule has 2 nitrogen and oxygen atoms in total. The van der Waals surface area contributed by atoms with Crippen LogP contribution >= 0.6 is 15.9 Å². The Labute approximate surface area is 105 Å². The average Bonchev–Trinajstić information content (AvgIpc) is 2.77. The number of nitrogens with one attached hydrogen (secondary N) is 1. The van der Waals surface area contributed by atoms with E-state index in [1.165, 1.54) is 24.8 Å². The molecule has 0 saturated carbocycles. The van der Waals surface area contributed by atoms with Crippen LogP contribution in [0.5, 0.6) is 0 Å². The largest absolute Gasteiger partial charge is 0.369 e. The molecular weight excluding hydrogens is 264 g/mol. The predicted octanol–water partition coefficient (Wildman–Crippen LogP) is 4.06. The van der Waals surface area contributed by atoms with Gasteiger partial charge in [0.05, 0.1) is 4.47 Å². The molecule has 1 aromatic rings. The third kappa shape index (κ3) is 2.85. The van der Waals surface area contributed by atoms with Crippen LogP contribution in [0.15, 0.2) is 28.4 Å². The number of hydrogen-bond donors (Lipinski definition) is 1. The van der Waals surface area contributed by atoms with Gasteiger partial charge in [0, 0.05) is 12.7 Å². The van der Waals surface area contributed by atoms with E-state index in [1.807, 2.05) is 12.3 Å². The summed E-state index contributed by atoms with van der Waals surface area (Å²) in [6.45, 7) is 3.05. The van der Waals surface area contributed by atoms with Gasteiger partial charge in [0.25, 0.3) is 0 Å². The van der Waals surface area contributed by atoms with Crippen LogP contribution in [0.25, 0.3) is 0 Å². The molecule has 86 valence electrons. The van der Waals surface area contributed by atoms with E-state index in [-0.39, 0.29) is 0 Å². The quantitative estimate of drug-likeness (QED) is 0.842. The van der Waals surface area contributed by atoms with Crippen LogP contribution in [0, 0.1) is 6.92 Å². The molecule has 1 aliphatic rings. The fourth-order valence-electron chi connectivity index (χ4n) is 1.97. The summed E-state index contributed by atoms with van der Waals surface area (Å²) in [5.74, 6) is 0.957. The number of nitrogens with zero attached hydrogens (tertiary/aromatic N) is 1. The lowest BCUT2D eigenvalue weighted by molar-refractivity contribution is 0.861. The summed E-state index contributed by atoms with van der Waals surface area (Å²) in [6, 6.07) is 2.01. The highest BCUT2D eigenvalue weighted by atomic mass is 79.9. The van der Waals surface area contributed by atoms with Crippen LogP contribution in [0.3, 0.4) is 0 Å². The van der Waals surface area contributed by atoms with E-state index < -0.39 is 0 Å². The second-order valence-electron chi connectivity index (χ2n) is 4.22. The molecule has 0 aliphatic heterocycles. The van der Waals surface area contributed by atoms with Gasteiger partial charge in [-0.2, -0.15) is 0 Å². The summed E-state index contributed by atoms with van der Waals surface area (Å²) in [5.41, 5.74) is 2.81. The third-order valence-electron chi connectivity index (χ3n) is 2.96. The van der Waals surface area contributed by atoms with Gasteiger partial charge < -0.3 is 5.32 Å². The maximum atomic E-state index is 4.33. The summed E-state index contributed by atoms with van der Waals surface area (Å²) in [6.07, 6.45) is 9.24. The molecule has 0 aromatic carbocycles. The van der Waals surface area contributed by atoms with Gasteiger partial charge >= 0.3 is 0 Å². The molecule has 0 atom stereocenters. The van der Waals surface area contributed by atoms with E-state index in [9.17, 15) is 0 Å². The topological polar surface area (TPSA) is 24.9 Å². The minimum Gasteiger partial charge on any atom is -0.369 e. The molecule has 1 aliphatic carbocycles. The number of rotatable bonds is 4. The average molecular weight is 281 g/mol. The molecule has 3 heteroatoms. The van der Waals surface area contributed by atoms with Gasteiger partial charge in [0.2, 0.25) is 0 Å². The van der Waals surface area contributed by atoms with E-state index in [4.69, 9.17) is 0 Å².